The number of likely N-dealkylation sites (N-methyl/N-ethyl adjacent to an activating group) is 1. The molecular formula is C18H25BrN2O+2. The van der Waals surface area contributed by atoms with Crippen LogP contribution in [0.2, 0.25) is 0 Å². The highest BCUT2D eigenvalue weighted by Gasteiger charge is 2.15. The molecule has 4 heteroatoms. The molecule has 2 rings (SSSR count). The molecule has 0 unspecified atom stereocenters. The van der Waals surface area contributed by atoms with Crippen LogP contribution in [0.5, 0.6) is 5.75 Å². The summed E-state index contributed by atoms with van der Waals surface area (Å²) in [5, 5.41) is 0. The van der Waals surface area contributed by atoms with E-state index in [1.54, 1.807) is 0 Å². The van der Waals surface area contributed by atoms with Crippen LogP contribution in [0.25, 0.3) is 0 Å². The summed E-state index contributed by atoms with van der Waals surface area (Å²) in [4.78, 5) is 0. The molecule has 0 saturated heterocycles. The molecule has 22 heavy (non-hydrogen) atoms. The fraction of sp³-hybridized carbons (Fsp3) is 0.333. The van der Waals surface area contributed by atoms with Crippen LogP contribution in [0.15, 0.2) is 53.0 Å². The molecule has 0 bridgehead atoms. The minimum absolute atomic E-state index is 0.726. The first-order chi connectivity index (χ1) is 10.4. The topological polar surface area (TPSA) is 36.9 Å². The van der Waals surface area contributed by atoms with Gasteiger partial charge in [0.2, 0.25) is 0 Å². The molecule has 0 radical (unpaired) electrons. The Balaban J connectivity index is 1.75. The van der Waals surface area contributed by atoms with Crippen molar-refractivity contribution in [3.05, 3.63) is 58.6 Å². The van der Waals surface area contributed by atoms with Crippen molar-refractivity contribution in [2.75, 3.05) is 33.8 Å². The SMILES string of the molecule is C[N+](C)(CCOc1ccc([NH3+])cc1)CCc1ccc(Br)cc1. The van der Waals surface area contributed by atoms with Crippen LogP contribution in [-0.4, -0.2) is 38.3 Å². The summed E-state index contributed by atoms with van der Waals surface area (Å²) < 4.78 is 7.89. The normalized spacial score (nSPS) is 11.5. The number of halogens is 1. The van der Waals surface area contributed by atoms with E-state index < -0.39 is 0 Å². The summed E-state index contributed by atoms with van der Waals surface area (Å²) in [6.45, 7) is 2.81. The first kappa shape index (κ1) is 17.0. The first-order valence-electron chi connectivity index (χ1n) is 7.56. The summed E-state index contributed by atoms with van der Waals surface area (Å²) in [7, 11) is 4.50. The highest BCUT2D eigenvalue weighted by atomic mass is 79.9. The molecule has 0 aromatic heterocycles. The maximum absolute atomic E-state index is 5.82. The number of hydrogen-bond acceptors (Lipinski definition) is 1. The quantitative estimate of drug-likeness (QED) is 0.753. The van der Waals surface area contributed by atoms with E-state index in [1.165, 1.54) is 5.56 Å². The van der Waals surface area contributed by atoms with Crippen molar-refractivity contribution in [3.8, 4) is 5.75 Å². The zero-order valence-corrected chi connectivity index (χ0v) is 15.0. The number of hydrogen-bond donors (Lipinski definition) is 1. The van der Waals surface area contributed by atoms with E-state index in [0.717, 1.165) is 46.5 Å². The van der Waals surface area contributed by atoms with Crippen LogP contribution < -0.4 is 10.5 Å². The lowest BCUT2D eigenvalue weighted by Crippen LogP contribution is -2.44. The summed E-state index contributed by atoms with van der Waals surface area (Å²) in [6.07, 6.45) is 1.08. The Kier molecular flexibility index (Phi) is 6.00. The zero-order chi connectivity index (χ0) is 16.0. The molecule has 0 aliphatic rings. The third kappa shape index (κ3) is 5.79. The molecule has 0 spiro atoms. The van der Waals surface area contributed by atoms with Gasteiger partial charge >= 0.3 is 0 Å². The minimum atomic E-state index is 0.726. The van der Waals surface area contributed by atoms with Crippen molar-refractivity contribution in [2.24, 2.45) is 0 Å². The molecule has 0 aliphatic heterocycles. The van der Waals surface area contributed by atoms with E-state index in [-0.39, 0.29) is 0 Å². The second kappa shape index (κ2) is 7.77. The second-order valence-electron chi connectivity index (χ2n) is 6.25. The molecule has 3 N–H and O–H groups in total. The van der Waals surface area contributed by atoms with E-state index in [4.69, 9.17) is 4.74 Å². The van der Waals surface area contributed by atoms with Crippen LogP contribution in [0.1, 0.15) is 5.56 Å². The van der Waals surface area contributed by atoms with Crippen molar-refractivity contribution in [1.82, 2.24) is 0 Å². The van der Waals surface area contributed by atoms with Gasteiger partial charge in [-0.05, 0) is 29.8 Å². The van der Waals surface area contributed by atoms with Crippen molar-refractivity contribution >= 4 is 21.6 Å². The van der Waals surface area contributed by atoms with Gasteiger partial charge in [0.15, 0.2) is 0 Å². The molecule has 0 amide bonds. The van der Waals surface area contributed by atoms with Gasteiger partial charge < -0.3 is 15.0 Å². The lowest BCUT2D eigenvalue weighted by atomic mass is 10.1. The van der Waals surface area contributed by atoms with E-state index in [2.05, 4.69) is 60.0 Å². The van der Waals surface area contributed by atoms with Gasteiger partial charge in [-0.15, -0.1) is 0 Å². The van der Waals surface area contributed by atoms with Crippen LogP contribution in [0.3, 0.4) is 0 Å². The number of ether oxygens (including phenoxy) is 1. The van der Waals surface area contributed by atoms with Gasteiger partial charge in [0.05, 0.1) is 20.6 Å². The maximum atomic E-state index is 5.82. The Labute approximate surface area is 141 Å². The van der Waals surface area contributed by atoms with Gasteiger partial charge in [-0.3, -0.25) is 0 Å². The summed E-state index contributed by atoms with van der Waals surface area (Å²) in [5.74, 6) is 0.917. The molecule has 0 heterocycles. The third-order valence-electron chi connectivity index (χ3n) is 3.81. The van der Waals surface area contributed by atoms with Gasteiger partial charge in [-0.25, -0.2) is 0 Å². The molecule has 2 aromatic rings. The summed E-state index contributed by atoms with van der Waals surface area (Å²) >= 11 is 3.47. The van der Waals surface area contributed by atoms with Crippen LogP contribution in [0, 0.1) is 0 Å². The summed E-state index contributed by atoms with van der Waals surface area (Å²) in [5.41, 5.74) is 6.27. The summed E-state index contributed by atoms with van der Waals surface area (Å²) in [6, 6.07) is 16.5. The van der Waals surface area contributed by atoms with E-state index in [0.29, 0.717) is 0 Å². The van der Waals surface area contributed by atoms with Crippen molar-refractivity contribution < 1.29 is 15.0 Å². The van der Waals surface area contributed by atoms with Crippen LogP contribution in [-0.2, 0) is 6.42 Å². The van der Waals surface area contributed by atoms with Gasteiger partial charge in [0.1, 0.15) is 24.6 Å². The van der Waals surface area contributed by atoms with Crippen molar-refractivity contribution in [3.63, 3.8) is 0 Å². The Morgan fingerprint density at radius 2 is 1.59 bits per heavy atom. The number of nitrogens with zero attached hydrogens (tertiary/aromatic N) is 1. The highest BCUT2D eigenvalue weighted by molar-refractivity contribution is 9.10. The minimum Gasteiger partial charge on any atom is -0.488 e. The lowest BCUT2D eigenvalue weighted by Gasteiger charge is -2.29. The number of rotatable bonds is 7. The average Bonchev–Trinajstić information content (AvgIpc) is 2.49. The number of quaternary nitrogens is 2. The van der Waals surface area contributed by atoms with Gasteiger partial charge in [0.25, 0.3) is 0 Å². The monoisotopic (exact) mass is 364 g/mol. The van der Waals surface area contributed by atoms with Crippen LogP contribution in [0.4, 0.5) is 5.69 Å². The predicted molar refractivity (Wildman–Crippen MR) is 94.2 cm³/mol. The Hall–Kier alpha value is -1.36. The molecule has 0 aliphatic carbocycles. The van der Waals surface area contributed by atoms with Gasteiger partial charge in [-0.1, -0.05) is 28.1 Å². The largest absolute Gasteiger partial charge is 0.488 e. The molecule has 0 saturated carbocycles. The van der Waals surface area contributed by atoms with Gasteiger partial charge in [0, 0.05) is 23.0 Å². The Bertz CT molecular complexity index is 579. The zero-order valence-electron chi connectivity index (χ0n) is 13.4. The van der Waals surface area contributed by atoms with Crippen LogP contribution >= 0.6 is 15.9 Å². The first-order valence-corrected chi connectivity index (χ1v) is 8.35. The Morgan fingerprint density at radius 1 is 0.955 bits per heavy atom. The molecule has 3 nitrogen and oxygen atoms in total. The van der Waals surface area contributed by atoms with E-state index in [9.17, 15) is 0 Å². The maximum Gasteiger partial charge on any atom is 0.137 e. The second-order valence-corrected chi connectivity index (χ2v) is 7.17. The lowest BCUT2D eigenvalue weighted by molar-refractivity contribution is -0.890. The third-order valence-corrected chi connectivity index (χ3v) is 4.34. The fourth-order valence-electron chi connectivity index (χ4n) is 2.19. The molecule has 0 fully saturated rings. The molecule has 2 aromatic carbocycles. The fourth-order valence-corrected chi connectivity index (χ4v) is 2.46. The van der Waals surface area contributed by atoms with Crippen molar-refractivity contribution in [2.45, 2.75) is 6.42 Å². The van der Waals surface area contributed by atoms with E-state index >= 15 is 0 Å². The van der Waals surface area contributed by atoms with E-state index in [1.807, 2.05) is 24.3 Å². The number of benzene rings is 2. The van der Waals surface area contributed by atoms with Gasteiger partial charge in [-0.2, -0.15) is 0 Å². The predicted octanol–water partition coefficient (Wildman–Crippen LogP) is 3.02. The van der Waals surface area contributed by atoms with Crippen molar-refractivity contribution in [1.29, 1.82) is 0 Å². The Morgan fingerprint density at radius 3 is 2.23 bits per heavy atom. The smallest absolute Gasteiger partial charge is 0.137 e. The molecular weight excluding hydrogens is 340 g/mol. The molecule has 0 atom stereocenters. The average molecular weight is 365 g/mol. The highest BCUT2D eigenvalue weighted by Crippen LogP contribution is 2.14. The molecule has 118 valence electrons. The standard InChI is InChI=1S/C18H24BrN2O/c1-21(2,12-11-15-3-5-16(19)6-4-15)13-14-22-18-9-7-17(20)8-10-18/h3-10H,11-14,20H2,1-2H3/q+1/p+1.